The molecule has 0 spiro atoms. The van der Waals surface area contributed by atoms with E-state index in [0.29, 0.717) is 6.54 Å². The summed E-state index contributed by atoms with van der Waals surface area (Å²) in [4.78, 5) is 8.69. The highest BCUT2D eigenvalue weighted by Gasteiger charge is 2.11. The number of hydrogen-bond donors (Lipinski definition) is 3. The Morgan fingerprint density at radius 3 is 2.47 bits per heavy atom. The van der Waals surface area contributed by atoms with Gasteiger partial charge in [0, 0.05) is 18.2 Å². The Hall–Kier alpha value is -1.36. The minimum atomic E-state index is -0.00464. The van der Waals surface area contributed by atoms with Crippen molar-refractivity contribution in [2.45, 2.75) is 39.7 Å². The average Bonchev–Trinajstić information content (AvgIpc) is 2.14. The first-order valence-corrected chi connectivity index (χ1v) is 5.98. The summed E-state index contributed by atoms with van der Waals surface area (Å²) >= 11 is 0. The van der Waals surface area contributed by atoms with E-state index in [4.69, 9.17) is 5.73 Å². The van der Waals surface area contributed by atoms with Gasteiger partial charge in [-0.1, -0.05) is 0 Å². The number of rotatable bonds is 5. The lowest BCUT2D eigenvalue weighted by Gasteiger charge is -2.21. The van der Waals surface area contributed by atoms with Gasteiger partial charge in [-0.05, 0) is 40.7 Å². The molecule has 0 aromatic carbocycles. The van der Waals surface area contributed by atoms with Crippen LogP contribution in [0.5, 0.6) is 0 Å². The molecule has 0 aliphatic carbocycles. The second-order valence-electron chi connectivity index (χ2n) is 5.13. The van der Waals surface area contributed by atoms with Gasteiger partial charge in [-0.2, -0.15) is 0 Å². The maximum absolute atomic E-state index is 5.45. The van der Waals surface area contributed by atoms with E-state index in [1.165, 1.54) is 0 Å². The Kier molecular flexibility index (Phi) is 4.69. The molecule has 0 aliphatic rings. The Morgan fingerprint density at radius 1 is 1.24 bits per heavy atom. The van der Waals surface area contributed by atoms with Gasteiger partial charge >= 0.3 is 0 Å². The van der Waals surface area contributed by atoms with Crippen molar-refractivity contribution < 1.29 is 0 Å². The molecule has 0 saturated carbocycles. The van der Waals surface area contributed by atoms with E-state index in [1.807, 2.05) is 13.0 Å². The highest BCUT2D eigenvalue weighted by molar-refractivity contribution is 5.48. The SMILES string of the molecule is Cc1nc(NCCCN)cc(NC(C)(C)C)n1. The molecule has 4 N–H and O–H groups in total. The number of aromatic nitrogens is 2. The molecule has 0 amide bonds. The van der Waals surface area contributed by atoms with E-state index in [9.17, 15) is 0 Å². The zero-order chi connectivity index (χ0) is 12.9. The molecular formula is C12H23N5. The summed E-state index contributed by atoms with van der Waals surface area (Å²) in [5, 5.41) is 6.58. The molecule has 5 nitrogen and oxygen atoms in total. The van der Waals surface area contributed by atoms with Crippen LogP contribution in [-0.4, -0.2) is 28.6 Å². The Morgan fingerprint density at radius 2 is 1.88 bits per heavy atom. The average molecular weight is 237 g/mol. The highest BCUT2D eigenvalue weighted by Crippen LogP contribution is 2.15. The largest absolute Gasteiger partial charge is 0.370 e. The quantitative estimate of drug-likeness (QED) is 0.680. The van der Waals surface area contributed by atoms with E-state index in [2.05, 4.69) is 41.4 Å². The minimum Gasteiger partial charge on any atom is -0.370 e. The molecule has 0 atom stereocenters. The molecule has 1 aromatic heterocycles. The normalized spacial score (nSPS) is 11.4. The first-order chi connectivity index (χ1) is 7.90. The Labute approximate surface area is 103 Å². The van der Waals surface area contributed by atoms with Crippen molar-refractivity contribution in [3.63, 3.8) is 0 Å². The van der Waals surface area contributed by atoms with Crippen molar-refractivity contribution in [3.8, 4) is 0 Å². The van der Waals surface area contributed by atoms with Gasteiger partial charge in [-0.25, -0.2) is 9.97 Å². The van der Waals surface area contributed by atoms with Crippen molar-refractivity contribution in [1.82, 2.24) is 9.97 Å². The molecule has 1 rings (SSSR count). The fourth-order valence-electron chi connectivity index (χ4n) is 1.43. The molecule has 5 heteroatoms. The van der Waals surface area contributed by atoms with Crippen LogP contribution in [0.4, 0.5) is 11.6 Å². The zero-order valence-electron chi connectivity index (χ0n) is 11.2. The van der Waals surface area contributed by atoms with Crippen LogP contribution < -0.4 is 16.4 Å². The number of nitrogens with two attached hydrogens (primary N) is 1. The van der Waals surface area contributed by atoms with Gasteiger partial charge in [0.2, 0.25) is 0 Å². The van der Waals surface area contributed by atoms with Crippen LogP contribution in [0.1, 0.15) is 33.0 Å². The summed E-state index contributed by atoms with van der Waals surface area (Å²) in [6, 6.07) is 1.93. The minimum absolute atomic E-state index is 0.00464. The number of nitrogens with one attached hydrogen (secondary N) is 2. The molecule has 0 radical (unpaired) electrons. The van der Waals surface area contributed by atoms with Crippen molar-refractivity contribution in [2.75, 3.05) is 23.7 Å². The van der Waals surface area contributed by atoms with Crippen LogP contribution in [0, 0.1) is 6.92 Å². The van der Waals surface area contributed by atoms with Crippen LogP contribution in [0.2, 0.25) is 0 Å². The van der Waals surface area contributed by atoms with Gasteiger partial charge in [0.25, 0.3) is 0 Å². The van der Waals surface area contributed by atoms with E-state index in [0.717, 1.165) is 30.4 Å². The maximum atomic E-state index is 5.45. The van der Waals surface area contributed by atoms with Gasteiger partial charge in [0.1, 0.15) is 17.5 Å². The van der Waals surface area contributed by atoms with Crippen molar-refractivity contribution >= 4 is 11.6 Å². The molecular weight excluding hydrogens is 214 g/mol. The highest BCUT2D eigenvalue weighted by atomic mass is 15.1. The summed E-state index contributed by atoms with van der Waals surface area (Å²) in [6.45, 7) is 9.72. The Balaban J connectivity index is 2.72. The monoisotopic (exact) mass is 237 g/mol. The summed E-state index contributed by atoms with van der Waals surface area (Å²) in [5.74, 6) is 2.45. The molecule has 0 saturated heterocycles. The van der Waals surface area contributed by atoms with Crippen molar-refractivity contribution in [2.24, 2.45) is 5.73 Å². The second-order valence-corrected chi connectivity index (χ2v) is 5.13. The van der Waals surface area contributed by atoms with Gasteiger partial charge in [0.05, 0.1) is 0 Å². The molecule has 0 bridgehead atoms. The van der Waals surface area contributed by atoms with Crippen molar-refractivity contribution in [1.29, 1.82) is 0 Å². The second kappa shape index (κ2) is 5.82. The summed E-state index contributed by atoms with van der Waals surface area (Å²) in [5.41, 5.74) is 5.45. The van der Waals surface area contributed by atoms with Gasteiger partial charge < -0.3 is 16.4 Å². The predicted molar refractivity (Wildman–Crippen MR) is 72.3 cm³/mol. The molecule has 96 valence electrons. The van der Waals surface area contributed by atoms with E-state index in [1.54, 1.807) is 0 Å². The fourth-order valence-corrected chi connectivity index (χ4v) is 1.43. The Bertz CT molecular complexity index is 356. The van der Waals surface area contributed by atoms with E-state index in [-0.39, 0.29) is 5.54 Å². The lowest BCUT2D eigenvalue weighted by atomic mass is 10.1. The number of nitrogens with zero attached hydrogens (tertiary/aromatic N) is 2. The first kappa shape index (κ1) is 13.7. The van der Waals surface area contributed by atoms with Crippen LogP contribution in [0.3, 0.4) is 0 Å². The zero-order valence-corrected chi connectivity index (χ0v) is 11.2. The third kappa shape index (κ3) is 5.49. The first-order valence-electron chi connectivity index (χ1n) is 5.98. The lowest BCUT2D eigenvalue weighted by Crippen LogP contribution is -2.27. The standard InChI is InChI=1S/C12H23N5/c1-9-15-10(14-7-5-6-13)8-11(16-9)17-12(2,3)4/h8H,5-7,13H2,1-4H3,(H2,14,15,16,17). The van der Waals surface area contributed by atoms with Crippen LogP contribution in [-0.2, 0) is 0 Å². The topological polar surface area (TPSA) is 75.9 Å². The summed E-state index contributed by atoms with van der Waals surface area (Å²) in [7, 11) is 0. The van der Waals surface area contributed by atoms with Gasteiger partial charge in [-0.3, -0.25) is 0 Å². The summed E-state index contributed by atoms with van der Waals surface area (Å²) in [6.07, 6.45) is 0.936. The molecule has 0 fully saturated rings. The maximum Gasteiger partial charge on any atom is 0.132 e. The fraction of sp³-hybridized carbons (Fsp3) is 0.667. The molecule has 0 unspecified atom stereocenters. The van der Waals surface area contributed by atoms with E-state index < -0.39 is 0 Å². The molecule has 1 heterocycles. The van der Waals surface area contributed by atoms with Gasteiger partial charge in [-0.15, -0.1) is 0 Å². The summed E-state index contributed by atoms with van der Waals surface area (Å²) < 4.78 is 0. The molecule has 0 aliphatic heterocycles. The van der Waals surface area contributed by atoms with E-state index >= 15 is 0 Å². The van der Waals surface area contributed by atoms with Crippen LogP contribution in [0.15, 0.2) is 6.07 Å². The lowest BCUT2D eigenvalue weighted by molar-refractivity contribution is 0.629. The molecule has 1 aromatic rings. The number of anilines is 2. The number of hydrogen-bond acceptors (Lipinski definition) is 5. The number of aryl methyl sites for hydroxylation is 1. The van der Waals surface area contributed by atoms with Crippen LogP contribution >= 0.6 is 0 Å². The molecule has 17 heavy (non-hydrogen) atoms. The smallest absolute Gasteiger partial charge is 0.132 e. The third-order valence-electron chi connectivity index (χ3n) is 2.03. The third-order valence-corrected chi connectivity index (χ3v) is 2.03. The van der Waals surface area contributed by atoms with Crippen LogP contribution in [0.25, 0.3) is 0 Å². The van der Waals surface area contributed by atoms with Gasteiger partial charge in [0.15, 0.2) is 0 Å². The predicted octanol–water partition coefficient (Wildman–Crippen LogP) is 1.76. The van der Waals surface area contributed by atoms with Crippen molar-refractivity contribution in [3.05, 3.63) is 11.9 Å².